The smallest absolute Gasteiger partial charge is 0.270 e. The molecule has 0 spiro atoms. The average molecular weight is 364 g/mol. The Balaban J connectivity index is 1.83. The van der Waals surface area contributed by atoms with Gasteiger partial charge in [-0.25, -0.2) is 4.39 Å². The van der Waals surface area contributed by atoms with Crippen LogP contribution in [0.4, 0.5) is 10.1 Å². The van der Waals surface area contributed by atoms with Gasteiger partial charge in [-0.15, -0.1) is 0 Å². The summed E-state index contributed by atoms with van der Waals surface area (Å²) in [5.41, 5.74) is 6.68. The first kappa shape index (κ1) is 18.1. The third kappa shape index (κ3) is 4.70. The second-order valence-electron chi connectivity index (χ2n) is 5.79. The van der Waals surface area contributed by atoms with Gasteiger partial charge in [0.1, 0.15) is 11.6 Å². The molecular formula is C21H17FN2O3. The Morgan fingerprint density at radius 3 is 2.11 bits per heavy atom. The van der Waals surface area contributed by atoms with Crippen molar-refractivity contribution in [2.75, 3.05) is 5.32 Å². The van der Waals surface area contributed by atoms with Crippen LogP contribution in [0.3, 0.4) is 0 Å². The first-order valence-corrected chi connectivity index (χ1v) is 8.21. The highest BCUT2D eigenvalue weighted by Crippen LogP contribution is 2.24. The molecular weight excluding hydrogens is 347 g/mol. The maximum Gasteiger partial charge on any atom is 0.270 e. The topological polar surface area (TPSA) is 81.4 Å². The fourth-order valence-corrected chi connectivity index (χ4v) is 2.48. The number of anilines is 1. The van der Waals surface area contributed by atoms with Gasteiger partial charge in [-0.05, 0) is 48.5 Å². The van der Waals surface area contributed by atoms with Crippen molar-refractivity contribution in [3.05, 3.63) is 95.8 Å². The molecule has 0 aliphatic carbocycles. The highest BCUT2D eigenvalue weighted by molar-refractivity contribution is 5.95. The Morgan fingerprint density at radius 1 is 0.889 bits per heavy atom. The van der Waals surface area contributed by atoms with Crippen LogP contribution in [0.2, 0.25) is 0 Å². The predicted octanol–water partition coefficient (Wildman–Crippen LogP) is 3.68. The van der Waals surface area contributed by atoms with Crippen LogP contribution in [0.25, 0.3) is 0 Å². The minimum absolute atomic E-state index is 0.342. The summed E-state index contributed by atoms with van der Waals surface area (Å²) in [5, 5.41) is 2.71. The molecule has 0 bridgehead atoms. The minimum Gasteiger partial charge on any atom is -0.476 e. The molecule has 0 fully saturated rings. The maximum absolute atomic E-state index is 13.1. The molecule has 3 rings (SSSR count). The zero-order valence-electron chi connectivity index (χ0n) is 14.3. The fourth-order valence-electron chi connectivity index (χ4n) is 2.48. The lowest BCUT2D eigenvalue weighted by Gasteiger charge is -2.19. The molecule has 136 valence electrons. The van der Waals surface area contributed by atoms with Crippen LogP contribution in [-0.4, -0.2) is 11.8 Å². The molecule has 3 aromatic rings. The highest BCUT2D eigenvalue weighted by Gasteiger charge is 2.23. The SMILES string of the molecule is NC(=O)c1ccc(O[C@@H](C(=O)Nc2ccc(F)cc2)c2ccccc2)cc1. The number of nitrogens with two attached hydrogens (primary N) is 1. The van der Waals surface area contributed by atoms with E-state index in [0.717, 1.165) is 0 Å². The zero-order valence-corrected chi connectivity index (χ0v) is 14.3. The Morgan fingerprint density at radius 2 is 1.52 bits per heavy atom. The summed E-state index contributed by atoms with van der Waals surface area (Å²) in [7, 11) is 0. The highest BCUT2D eigenvalue weighted by atomic mass is 19.1. The monoisotopic (exact) mass is 364 g/mol. The molecule has 0 aromatic heterocycles. The van der Waals surface area contributed by atoms with Crippen molar-refractivity contribution in [1.82, 2.24) is 0 Å². The number of carbonyl (C=O) groups is 2. The summed E-state index contributed by atoms with van der Waals surface area (Å²) in [6.07, 6.45) is -0.935. The number of ether oxygens (including phenoxy) is 1. The van der Waals surface area contributed by atoms with E-state index in [-0.39, 0.29) is 0 Å². The van der Waals surface area contributed by atoms with Gasteiger partial charge in [0.2, 0.25) is 12.0 Å². The summed E-state index contributed by atoms with van der Waals surface area (Å²) in [6.45, 7) is 0. The van der Waals surface area contributed by atoms with Crippen molar-refractivity contribution in [2.24, 2.45) is 5.73 Å². The molecule has 0 heterocycles. The van der Waals surface area contributed by atoms with E-state index < -0.39 is 23.7 Å². The lowest BCUT2D eigenvalue weighted by molar-refractivity contribution is -0.123. The zero-order chi connectivity index (χ0) is 19.2. The van der Waals surface area contributed by atoms with Crippen molar-refractivity contribution in [3.63, 3.8) is 0 Å². The van der Waals surface area contributed by atoms with E-state index in [4.69, 9.17) is 10.5 Å². The molecule has 2 amide bonds. The van der Waals surface area contributed by atoms with Crippen molar-refractivity contribution in [1.29, 1.82) is 0 Å². The number of primary amides is 1. The number of carbonyl (C=O) groups excluding carboxylic acids is 2. The molecule has 0 radical (unpaired) electrons. The second kappa shape index (κ2) is 8.14. The summed E-state index contributed by atoms with van der Waals surface area (Å²) in [4.78, 5) is 24.0. The van der Waals surface area contributed by atoms with Crippen molar-refractivity contribution >= 4 is 17.5 Å². The number of benzene rings is 3. The minimum atomic E-state index is -0.935. The summed E-state index contributed by atoms with van der Waals surface area (Å²) in [5.74, 6) is -0.941. The van der Waals surface area contributed by atoms with Crippen LogP contribution >= 0.6 is 0 Å². The van der Waals surface area contributed by atoms with Gasteiger partial charge in [0, 0.05) is 16.8 Å². The molecule has 0 saturated carbocycles. The molecule has 0 unspecified atom stereocenters. The lowest BCUT2D eigenvalue weighted by atomic mass is 10.1. The van der Waals surface area contributed by atoms with Crippen molar-refractivity contribution < 1.29 is 18.7 Å². The molecule has 6 heteroatoms. The summed E-state index contributed by atoms with van der Waals surface area (Å²) < 4.78 is 18.9. The number of rotatable bonds is 6. The van der Waals surface area contributed by atoms with E-state index in [1.54, 1.807) is 36.4 Å². The van der Waals surface area contributed by atoms with E-state index in [0.29, 0.717) is 22.6 Å². The Kier molecular flexibility index (Phi) is 5.47. The standard InChI is InChI=1S/C21H17FN2O3/c22-16-8-10-17(11-9-16)24-21(26)19(14-4-2-1-3-5-14)27-18-12-6-15(7-13-18)20(23)25/h1-13,19H,(H2,23,25)(H,24,26)/t19-/m1/s1. The van der Waals surface area contributed by atoms with Crippen molar-refractivity contribution in [3.8, 4) is 5.75 Å². The van der Waals surface area contributed by atoms with E-state index in [2.05, 4.69) is 5.32 Å². The fraction of sp³-hybridized carbons (Fsp3) is 0.0476. The van der Waals surface area contributed by atoms with Gasteiger partial charge < -0.3 is 15.8 Å². The van der Waals surface area contributed by atoms with Crippen LogP contribution in [0, 0.1) is 5.82 Å². The molecule has 3 aromatic carbocycles. The van der Waals surface area contributed by atoms with Gasteiger partial charge in [0.25, 0.3) is 5.91 Å². The van der Waals surface area contributed by atoms with Crippen LogP contribution in [-0.2, 0) is 4.79 Å². The molecule has 3 N–H and O–H groups in total. The summed E-state index contributed by atoms with van der Waals surface area (Å²) in [6, 6.07) is 20.6. The Labute approximate surface area is 155 Å². The normalized spacial score (nSPS) is 11.4. The molecule has 0 aliphatic heterocycles. The molecule has 1 atom stereocenters. The number of hydrogen-bond acceptors (Lipinski definition) is 3. The molecule has 27 heavy (non-hydrogen) atoms. The molecule has 0 aliphatic rings. The van der Waals surface area contributed by atoms with E-state index in [9.17, 15) is 14.0 Å². The van der Waals surface area contributed by atoms with E-state index in [1.807, 2.05) is 6.07 Å². The van der Waals surface area contributed by atoms with Crippen LogP contribution in [0.1, 0.15) is 22.0 Å². The largest absolute Gasteiger partial charge is 0.476 e. The van der Waals surface area contributed by atoms with Gasteiger partial charge in [-0.1, -0.05) is 30.3 Å². The molecule has 0 saturated heterocycles. The van der Waals surface area contributed by atoms with Gasteiger partial charge in [-0.3, -0.25) is 9.59 Å². The summed E-state index contributed by atoms with van der Waals surface area (Å²) >= 11 is 0. The molecule has 5 nitrogen and oxygen atoms in total. The van der Waals surface area contributed by atoms with E-state index in [1.165, 1.54) is 36.4 Å². The van der Waals surface area contributed by atoms with Gasteiger partial charge >= 0.3 is 0 Å². The third-order valence-electron chi connectivity index (χ3n) is 3.84. The number of halogens is 1. The lowest BCUT2D eigenvalue weighted by Crippen LogP contribution is -2.25. The Bertz CT molecular complexity index is 926. The third-order valence-corrected chi connectivity index (χ3v) is 3.84. The number of hydrogen-bond donors (Lipinski definition) is 2. The average Bonchev–Trinajstić information content (AvgIpc) is 2.69. The van der Waals surface area contributed by atoms with Crippen LogP contribution < -0.4 is 15.8 Å². The van der Waals surface area contributed by atoms with Crippen molar-refractivity contribution in [2.45, 2.75) is 6.10 Å². The van der Waals surface area contributed by atoms with Gasteiger partial charge in [-0.2, -0.15) is 0 Å². The predicted molar refractivity (Wildman–Crippen MR) is 99.8 cm³/mol. The number of nitrogens with one attached hydrogen (secondary N) is 1. The second-order valence-corrected chi connectivity index (χ2v) is 5.79. The van der Waals surface area contributed by atoms with E-state index >= 15 is 0 Å². The van der Waals surface area contributed by atoms with Crippen LogP contribution in [0.5, 0.6) is 5.75 Å². The quantitative estimate of drug-likeness (QED) is 0.700. The van der Waals surface area contributed by atoms with Gasteiger partial charge in [0.15, 0.2) is 0 Å². The maximum atomic E-state index is 13.1. The van der Waals surface area contributed by atoms with Crippen LogP contribution in [0.15, 0.2) is 78.9 Å². The van der Waals surface area contributed by atoms with Gasteiger partial charge in [0.05, 0.1) is 0 Å². The first-order valence-electron chi connectivity index (χ1n) is 8.21. The number of amides is 2. The first-order chi connectivity index (χ1) is 13.0. The Hall–Kier alpha value is -3.67.